The first-order valence-corrected chi connectivity index (χ1v) is 7.10. The zero-order chi connectivity index (χ0) is 15.0. The van der Waals surface area contributed by atoms with Crippen LogP contribution in [0, 0.1) is 10.1 Å². The van der Waals surface area contributed by atoms with Gasteiger partial charge in [-0.2, -0.15) is 0 Å². The molecule has 0 spiro atoms. The minimum atomic E-state index is -0.382. The van der Waals surface area contributed by atoms with Crippen molar-refractivity contribution in [1.82, 2.24) is 10.3 Å². The Morgan fingerprint density at radius 3 is 2.90 bits per heavy atom. The molecule has 3 rings (SSSR count). The summed E-state index contributed by atoms with van der Waals surface area (Å²) in [6.07, 6.45) is 0. The van der Waals surface area contributed by atoms with Crippen molar-refractivity contribution < 1.29 is 4.92 Å². The smallest absolute Gasteiger partial charge is 0.270 e. The van der Waals surface area contributed by atoms with Crippen LogP contribution in [0.1, 0.15) is 13.8 Å². The van der Waals surface area contributed by atoms with Crippen molar-refractivity contribution in [2.75, 3.05) is 18.0 Å². The number of rotatable bonds is 2. The summed E-state index contributed by atoms with van der Waals surface area (Å²) in [5.74, 6) is 0.928. The molecule has 0 radical (unpaired) electrons. The molecule has 1 N–H and O–H groups in total. The monoisotopic (exact) mass is 286 g/mol. The maximum Gasteiger partial charge on any atom is 0.270 e. The van der Waals surface area contributed by atoms with Gasteiger partial charge in [-0.15, -0.1) is 0 Å². The first-order chi connectivity index (χ1) is 10.0. The van der Waals surface area contributed by atoms with E-state index >= 15 is 0 Å². The van der Waals surface area contributed by atoms with Gasteiger partial charge in [0.1, 0.15) is 5.82 Å². The van der Waals surface area contributed by atoms with Crippen LogP contribution in [0.25, 0.3) is 10.9 Å². The van der Waals surface area contributed by atoms with Crippen LogP contribution in [-0.2, 0) is 0 Å². The fourth-order valence-electron chi connectivity index (χ4n) is 2.72. The van der Waals surface area contributed by atoms with E-state index in [1.807, 2.05) is 12.1 Å². The molecule has 1 fully saturated rings. The van der Waals surface area contributed by atoms with Crippen LogP contribution < -0.4 is 10.2 Å². The van der Waals surface area contributed by atoms with Gasteiger partial charge in [0, 0.05) is 42.7 Å². The number of nitrogens with zero attached hydrogens (tertiary/aromatic N) is 3. The van der Waals surface area contributed by atoms with Gasteiger partial charge >= 0.3 is 0 Å². The Balaban J connectivity index is 1.97. The molecule has 0 aliphatic carbocycles. The fourth-order valence-corrected chi connectivity index (χ4v) is 2.72. The van der Waals surface area contributed by atoms with E-state index in [0.29, 0.717) is 12.1 Å². The standard InChI is InChI=1S/C15H18N4O2/c1-10-9-18(11(2)8-16-10)15-6-3-12-7-13(19(20)21)4-5-14(12)17-15/h3-7,10-11,16H,8-9H2,1-2H3. The first kappa shape index (κ1) is 13.8. The average Bonchev–Trinajstić information content (AvgIpc) is 2.48. The Labute approximate surface area is 122 Å². The number of benzene rings is 1. The number of anilines is 1. The summed E-state index contributed by atoms with van der Waals surface area (Å²) < 4.78 is 0. The maximum atomic E-state index is 10.8. The summed E-state index contributed by atoms with van der Waals surface area (Å²) in [6, 6.07) is 9.44. The quantitative estimate of drug-likeness (QED) is 0.677. The van der Waals surface area contributed by atoms with Gasteiger partial charge in [-0.05, 0) is 32.0 Å². The Hall–Kier alpha value is -2.21. The number of hydrogen-bond acceptors (Lipinski definition) is 5. The van der Waals surface area contributed by atoms with Crippen molar-refractivity contribution >= 4 is 22.4 Å². The molecule has 1 aliphatic rings. The fraction of sp³-hybridized carbons (Fsp3) is 0.400. The van der Waals surface area contributed by atoms with Gasteiger partial charge in [0.2, 0.25) is 0 Å². The van der Waals surface area contributed by atoms with Crippen LogP contribution in [0.15, 0.2) is 30.3 Å². The molecular formula is C15H18N4O2. The second kappa shape index (κ2) is 5.29. The highest BCUT2D eigenvalue weighted by atomic mass is 16.6. The molecule has 2 atom stereocenters. The minimum Gasteiger partial charge on any atom is -0.351 e. The molecule has 0 amide bonds. The minimum absolute atomic E-state index is 0.0983. The molecule has 2 heterocycles. The Bertz CT molecular complexity index is 688. The molecule has 1 aliphatic heterocycles. The van der Waals surface area contributed by atoms with E-state index in [0.717, 1.165) is 29.8 Å². The van der Waals surface area contributed by atoms with Gasteiger partial charge in [-0.25, -0.2) is 4.98 Å². The number of nitro groups is 1. The van der Waals surface area contributed by atoms with Gasteiger partial charge in [0.15, 0.2) is 0 Å². The third-order valence-electron chi connectivity index (χ3n) is 3.93. The van der Waals surface area contributed by atoms with E-state index in [-0.39, 0.29) is 10.6 Å². The van der Waals surface area contributed by atoms with Crippen molar-refractivity contribution in [2.24, 2.45) is 0 Å². The van der Waals surface area contributed by atoms with Gasteiger partial charge in [-0.3, -0.25) is 10.1 Å². The molecule has 1 aromatic heterocycles. The lowest BCUT2D eigenvalue weighted by atomic mass is 10.1. The summed E-state index contributed by atoms with van der Waals surface area (Å²) in [5, 5.41) is 15.0. The normalized spacial score (nSPS) is 22.5. The van der Waals surface area contributed by atoms with E-state index in [2.05, 4.69) is 29.0 Å². The molecular weight excluding hydrogens is 268 g/mol. The van der Waals surface area contributed by atoms with Crippen LogP contribution >= 0.6 is 0 Å². The third kappa shape index (κ3) is 2.67. The van der Waals surface area contributed by atoms with Gasteiger partial charge in [0.25, 0.3) is 5.69 Å². The highest BCUT2D eigenvalue weighted by Gasteiger charge is 2.23. The molecule has 110 valence electrons. The van der Waals surface area contributed by atoms with Crippen molar-refractivity contribution in [3.63, 3.8) is 0 Å². The summed E-state index contributed by atoms with van der Waals surface area (Å²) in [4.78, 5) is 17.4. The lowest BCUT2D eigenvalue weighted by Gasteiger charge is -2.38. The summed E-state index contributed by atoms with van der Waals surface area (Å²) >= 11 is 0. The van der Waals surface area contributed by atoms with E-state index in [4.69, 9.17) is 0 Å². The highest BCUT2D eigenvalue weighted by molar-refractivity contribution is 5.82. The number of piperazine rings is 1. The van der Waals surface area contributed by atoms with E-state index in [1.165, 1.54) is 6.07 Å². The number of fused-ring (bicyclic) bond motifs is 1. The molecule has 21 heavy (non-hydrogen) atoms. The molecule has 2 unspecified atom stereocenters. The molecule has 0 saturated carbocycles. The zero-order valence-electron chi connectivity index (χ0n) is 12.1. The Kier molecular flexibility index (Phi) is 3.47. The molecule has 2 aromatic rings. The highest BCUT2D eigenvalue weighted by Crippen LogP contribution is 2.24. The SMILES string of the molecule is CC1CN(c2ccc3cc([N+](=O)[O-])ccc3n2)C(C)CN1. The van der Waals surface area contributed by atoms with Gasteiger partial charge in [0.05, 0.1) is 10.4 Å². The first-order valence-electron chi connectivity index (χ1n) is 7.10. The number of hydrogen-bond donors (Lipinski definition) is 1. The summed E-state index contributed by atoms with van der Waals surface area (Å²) in [5.41, 5.74) is 0.887. The summed E-state index contributed by atoms with van der Waals surface area (Å²) in [6.45, 7) is 6.16. The van der Waals surface area contributed by atoms with Crippen LogP contribution in [0.3, 0.4) is 0 Å². The Morgan fingerprint density at radius 2 is 2.14 bits per heavy atom. The molecule has 1 saturated heterocycles. The van der Waals surface area contributed by atoms with Crippen LogP contribution in [0.4, 0.5) is 11.5 Å². The van der Waals surface area contributed by atoms with Crippen molar-refractivity contribution in [3.05, 3.63) is 40.4 Å². The Morgan fingerprint density at radius 1 is 1.33 bits per heavy atom. The largest absolute Gasteiger partial charge is 0.351 e. The van der Waals surface area contributed by atoms with Gasteiger partial charge in [-0.1, -0.05) is 0 Å². The number of aromatic nitrogens is 1. The number of nitro benzene ring substituents is 1. The predicted molar refractivity (Wildman–Crippen MR) is 82.7 cm³/mol. The zero-order valence-corrected chi connectivity index (χ0v) is 12.1. The molecule has 6 heteroatoms. The lowest BCUT2D eigenvalue weighted by molar-refractivity contribution is -0.384. The molecule has 0 bridgehead atoms. The van der Waals surface area contributed by atoms with E-state index in [1.54, 1.807) is 12.1 Å². The second-order valence-corrected chi connectivity index (χ2v) is 5.61. The average molecular weight is 286 g/mol. The summed E-state index contributed by atoms with van der Waals surface area (Å²) in [7, 11) is 0. The second-order valence-electron chi connectivity index (χ2n) is 5.61. The van der Waals surface area contributed by atoms with E-state index in [9.17, 15) is 10.1 Å². The third-order valence-corrected chi connectivity index (χ3v) is 3.93. The topological polar surface area (TPSA) is 71.3 Å². The van der Waals surface area contributed by atoms with Crippen molar-refractivity contribution in [1.29, 1.82) is 0 Å². The predicted octanol–water partition coefficient (Wildman–Crippen LogP) is 2.33. The van der Waals surface area contributed by atoms with Crippen LogP contribution in [0.5, 0.6) is 0 Å². The number of nitrogens with one attached hydrogen (secondary N) is 1. The molecule has 1 aromatic carbocycles. The maximum absolute atomic E-state index is 10.8. The van der Waals surface area contributed by atoms with Crippen LogP contribution in [0.2, 0.25) is 0 Å². The lowest BCUT2D eigenvalue weighted by Crippen LogP contribution is -2.54. The number of non-ortho nitro benzene ring substituents is 1. The van der Waals surface area contributed by atoms with Gasteiger partial charge < -0.3 is 10.2 Å². The number of pyridine rings is 1. The van der Waals surface area contributed by atoms with Crippen molar-refractivity contribution in [3.8, 4) is 0 Å². The molecule has 6 nitrogen and oxygen atoms in total. The van der Waals surface area contributed by atoms with Crippen LogP contribution in [-0.4, -0.2) is 35.1 Å². The van der Waals surface area contributed by atoms with Crippen molar-refractivity contribution in [2.45, 2.75) is 25.9 Å². The van der Waals surface area contributed by atoms with E-state index < -0.39 is 0 Å².